The molecule has 2 aromatic heterocycles. The van der Waals surface area contributed by atoms with E-state index in [1.165, 1.54) is 18.7 Å². The van der Waals surface area contributed by atoms with Crippen molar-refractivity contribution < 1.29 is 0 Å². The van der Waals surface area contributed by atoms with Gasteiger partial charge in [-0.25, -0.2) is 4.98 Å². The van der Waals surface area contributed by atoms with Crippen LogP contribution in [0.3, 0.4) is 0 Å². The van der Waals surface area contributed by atoms with E-state index in [4.69, 9.17) is 4.98 Å². The minimum Gasteiger partial charge on any atom is -0.355 e. The second-order valence-corrected chi connectivity index (χ2v) is 6.71. The molecule has 1 N–H and O–H groups in total. The molecule has 5 nitrogen and oxygen atoms in total. The number of likely N-dealkylation sites (N-methyl/N-ethyl adjacent to an activating group) is 1. The number of anilines is 1. The van der Waals surface area contributed by atoms with Crippen LogP contribution in [0.25, 0.3) is 5.65 Å². The Kier molecular flexibility index (Phi) is 3.76. The van der Waals surface area contributed by atoms with E-state index >= 15 is 0 Å². The molecule has 0 unspecified atom stereocenters. The second-order valence-electron chi connectivity index (χ2n) is 6.71. The van der Waals surface area contributed by atoms with Crippen LogP contribution in [0.15, 0.2) is 24.4 Å². The molecule has 2 aliphatic rings. The molecule has 0 aromatic carbocycles. The SMILES string of the molecule is CN1CCN(c2cccc3nc(CNCC4CC4)cn23)CC1. The molecule has 22 heavy (non-hydrogen) atoms. The van der Waals surface area contributed by atoms with Crippen molar-refractivity contribution in [2.45, 2.75) is 19.4 Å². The molecule has 5 heteroatoms. The maximum atomic E-state index is 4.76. The monoisotopic (exact) mass is 299 g/mol. The summed E-state index contributed by atoms with van der Waals surface area (Å²) in [6.45, 7) is 6.44. The minimum atomic E-state index is 0.875. The number of imidazole rings is 1. The Morgan fingerprint density at radius 1 is 1.18 bits per heavy atom. The molecule has 0 atom stereocenters. The first-order chi connectivity index (χ1) is 10.8. The highest BCUT2D eigenvalue weighted by molar-refractivity contribution is 5.52. The van der Waals surface area contributed by atoms with Crippen molar-refractivity contribution in [2.24, 2.45) is 5.92 Å². The van der Waals surface area contributed by atoms with Crippen LogP contribution in [0.2, 0.25) is 0 Å². The van der Waals surface area contributed by atoms with E-state index in [0.29, 0.717) is 0 Å². The van der Waals surface area contributed by atoms with Crippen molar-refractivity contribution in [3.8, 4) is 0 Å². The minimum absolute atomic E-state index is 0.875. The summed E-state index contributed by atoms with van der Waals surface area (Å²) in [5.41, 5.74) is 2.20. The molecular weight excluding hydrogens is 274 g/mol. The Hall–Kier alpha value is -1.59. The zero-order valence-electron chi connectivity index (χ0n) is 13.3. The van der Waals surface area contributed by atoms with Gasteiger partial charge in [0.1, 0.15) is 11.5 Å². The van der Waals surface area contributed by atoms with Crippen LogP contribution in [0, 0.1) is 5.92 Å². The number of fused-ring (bicyclic) bond motifs is 1. The molecule has 1 saturated carbocycles. The predicted octanol–water partition coefficient (Wildman–Crippen LogP) is 1.59. The van der Waals surface area contributed by atoms with E-state index in [1.54, 1.807) is 0 Å². The molecule has 4 rings (SSSR count). The van der Waals surface area contributed by atoms with E-state index in [-0.39, 0.29) is 0 Å². The third-order valence-electron chi connectivity index (χ3n) is 4.78. The molecule has 1 aliphatic heterocycles. The third-order valence-corrected chi connectivity index (χ3v) is 4.78. The summed E-state index contributed by atoms with van der Waals surface area (Å²) in [5, 5.41) is 3.53. The average Bonchev–Trinajstić information content (AvgIpc) is 3.25. The molecule has 1 saturated heterocycles. The van der Waals surface area contributed by atoms with Gasteiger partial charge in [-0.3, -0.25) is 4.40 Å². The van der Waals surface area contributed by atoms with Crippen LogP contribution < -0.4 is 10.2 Å². The standard InChI is InChI=1S/C17H25N5/c1-20-7-9-21(10-8-20)17-4-2-3-16-19-15(13-22(16)17)12-18-11-14-5-6-14/h2-4,13-14,18H,5-12H2,1H3. The van der Waals surface area contributed by atoms with Crippen molar-refractivity contribution in [3.05, 3.63) is 30.1 Å². The number of pyridine rings is 1. The molecular formula is C17H25N5. The smallest absolute Gasteiger partial charge is 0.138 e. The van der Waals surface area contributed by atoms with Crippen LogP contribution in [0.5, 0.6) is 0 Å². The number of piperazine rings is 1. The first kappa shape index (κ1) is 14.0. The Morgan fingerprint density at radius 2 is 2.00 bits per heavy atom. The highest BCUT2D eigenvalue weighted by Gasteiger charge is 2.20. The number of hydrogen-bond donors (Lipinski definition) is 1. The number of nitrogens with one attached hydrogen (secondary N) is 1. The van der Waals surface area contributed by atoms with Gasteiger partial charge in [-0.2, -0.15) is 0 Å². The van der Waals surface area contributed by atoms with Crippen LogP contribution in [-0.2, 0) is 6.54 Å². The highest BCUT2D eigenvalue weighted by Crippen LogP contribution is 2.27. The zero-order chi connectivity index (χ0) is 14.9. The van der Waals surface area contributed by atoms with Crippen molar-refractivity contribution in [2.75, 3.05) is 44.7 Å². The summed E-state index contributed by atoms with van der Waals surface area (Å²) >= 11 is 0. The number of nitrogens with zero attached hydrogens (tertiary/aromatic N) is 4. The van der Waals surface area contributed by atoms with Crippen molar-refractivity contribution >= 4 is 11.5 Å². The summed E-state index contributed by atoms with van der Waals surface area (Å²) in [4.78, 5) is 9.62. The zero-order valence-corrected chi connectivity index (χ0v) is 13.3. The summed E-state index contributed by atoms with van der Waals surface area (Å²) < 4.78 is 2.25. The number of hydrogen-bond acceptors (Lipinski definition) is 4. The molecule has 0 spiro atoms. The lowest BCUT2D eigenvalue weighted by Crippen LogP contribution is -2.45. The van der Waals surface area contributed by atoms with Gasteiger partial charge in [-0.05, 0) is 44.5 Å². The average molecular weight is 299 g/mol. The maximum Gasteiger partial charge on any atom is 0.138 e. The van der Waals surface area contributed by atoms with E-state index < -0.39 is 0 Å². The van der Waals surface area contributed by atoms with Gasteiger partial charge in [0.25, 0.3) is 0 Å². The van der Waals surface area contributed by atoms with E-state index in [2.05, 4.69) is 51.0 Å². The topological polar surface area (TPSA) is 35.8 Å². The van der Waals surface area contributed by atoms with Crippen LogP contribution >= 0.6 is 0 Å². The summed E-state index contributed by atoms with van der Waals surface area (Å²) in [7, 11) is 2.19. The summed E-state index contributed by atoms with van der Waals surface area (Å²) in [5.74, 6) is 2.18. The van der Waals surface area contributed by atoms with Gasteiger partial charge in [0.15, 0.2) is 0 Å². The van der Waals surface area contributed by atoms with Crippen molar-refractivity contribution in [1.29, 1.82) is 0 Å². The first-order valence-electron chi connectivity index (χ1n) is 8.41. The fraction of sp³-hybridized carbons (Fsp3) is 0.588. The molecule has 3 heterocycles. The van der Waals surface area contributed by atoms with Gasteiger partial charge < -0.3 is 15.1 Å². The van der Waals surface area contributed by atoms with Crippen LogP contribution in [-0.4, -0.2) is 54.1 Å². The predicted molar refractivity (Wildman–Crippen MR) is 89.3 cm³/mol. The molecule has 0 radical (unpaired) electrons. The lowest BCUT2D eigenvalue weighted by atomic mass is 10.3. The largest absolute Gasteiger partial charge is 0.355 e. The Balaban J connectivity index is 1.52. The lowest BCUT2D eigenvalue weighted by molar-refractivity contribution is 0.312. The Bertz CT molecular complexity index is 638. The van der Waals surface area contributed by atoms with Gasteiger partial charge in [0, 0.05) is 38.9 Å². The molecule has 2 fully saturated rings. The fourth-order valence-electron chi connectivity index (χ4n) is 3.15. The molecule has 1 aliphatic carbocycles. The molecule has 118 valence electrons. The van der Waals surface area contributed by atoms with Crippen LogP contribution in [0.4, 0.5) is 5.82 Å². The molecule has 0 bridgehead atoms. The summed E-state index contributed by atoms with van der Waals surface area (Å²) in [6, 6.07) is 6.43. The lowest BCUT2D eigenvalue weighted by Gasteiger charge is -2.34. The number of rotatable bonds is 5. The van der Waals surface area contributed by atoms with E-state index in [0.717, 1.165) is 56.5 Å². The van der Waals surface area contributed by atoms with Crippen molar-refractivity contribution in [3.63, 3.8) is 0 Å². The van der Waals surface area contributed by atoms with Gasteiger partial charge >= 0.3 is 0 Å². The molecule has 2 aromatic rings. The van der Waals surface area contributed by atoms with Crippen LogP contribution in [0.1, 0.15) is 18.5 Å². The van der Waals surface area contributed by atoms with Gasteiger partial charge in [0.2, 0.25) is 0 Å². The Labute approximate surface area is 131 Å². The van der Waals surface area contributed by atoms with Crippen molar-refractivity contribution in [1.82, 2.24) is 19.6 Å². The second kappa shape index (κ2) is 5.89. The number of aromatic nitrogens is 2. The molecule has 0 amide bonds. The van der Waals surface area contributed by atoms with E-state index in [9.17, 15) is 0 Å². The Morgan fingerprint density at radius 3 is 2.77 bits per heavy atom. The quantitative estimate of drug-likeness (QED) is 0.909. The maximum absolute atomic E-state index is 4.76. The van der Waals surface area contributed by atoms with Gasteiger partial charge in [0.05, 0.1) is 5.69 Å². The third kappa shape index (κ3) is 2.96. The summed E-state index contributed by atoms with van der Waals surface area (Å²) in [6.07, 6.45) is 4.99. The first-order valence-corrected chi connectivity index (χ1v) is 8.41. The van der Waals surface area contributed by atoms with Gasteiger partial charge in [-0.15, -0.1) is 0 Å². The highest BCUT2D eigenvalue weighted by atomic mass is 15.3. The van der Waals surface area contributed by atoms with Gasteiger partial charge in [-0.1, -0.05) is 6.07 Å². The normalized spacial score (nSPS) is 20.0. The van der Waals surface area contributed by atoms with E-state index in [1.807, 2.05) is 0 Å². The fourth-order valence-corrected chi connectivity index (χ4v) is 3.15.